The molecular formula is C26H34F2N2O2S. The summed E-state index contributed by atoms with van der Waals surface area (Å²) in [4.78, 5) is 12.5. The van der Waals surface area contributed by atoms with E-state index in [1.807, 2.05) is 11.8 Å². The quantitative estimate of drug-likeness (QED) is 0.529. The number of benzene rings is 2. The summed E-state index contributed by atoms with van der Waals surface area (Å²) in [5.74, 6) is -0.757. The van der Waals surface area contributed by atoms with Crippen LogP contribution in [-0.4, -0.2) is 36.5 Å². The molecule has 3 atom stereocenters. The van der Waals surface area contributed by atoms with Crippen molar-refractivity contribution in [2.75, 3.05) is 19.3 Å². The maximum atomic E-state index is 13.6. The lowest BCUT2D eigenvalue weighted by Gasteiger charge is -2.30. The topological polar surface area (TPSA) is 61.4 Å². The van der Waals surface area contributed by atoms with Crippen LogP contribution in [0.2, 0.25) is 0 Å². The predicted octanol–water partition coefficient (Wildman–Crippen LogP) is 4.40. The molecule has 0 aromatic heterocycles. The first-order valence-electron chi connectivity index (χ1n) is 11.3. The summed E-state index contributed by atoms with van der Waals surface area (Å²) in [6.45, 7) is 6.86. The van der Waals surface area contributed by atoms with Gasteiger partial charge in [-0.25, -0.2) is 8.78 Å². The number of hydrogen-bond donors (Lipinski definition) is 3. The van der Waals surface area contributed by atoms with Crippen LogP contribution in [0.1, 0.15) is 49.1 Å². The third-order valence-corrected chi connectivity index (χ3v) is 6.95. The van der Waals surface area contributed by atoms with Gasteiger partial charge in [0.1, 0.15) is 11.6 Å². The van der Waals surface area contributed by atoms with Gasteiger partial charge in [-0.05, 0) is 52.6 Å². The molecule has 7 heteroatoms. The molecule has 0 bridgehead atoms. The highest BCUT2D eigenvalue weighted by Crippen LogP contribution is 2.34. The highest BCUT2D eigenvalue weighted by Gasteiger charge is 2.29. The van der Waals surface area contributed by atoms with Crippen LogP contribution in [0.5, 0.6) is 0 Å². The summed E-state index contributed by atoms with van der Waals surface area (Å²) >= 11 is 1.83. The molecule has 2 aromatic rings. The lowest BCUT2D eigenvalue weighted by atomic mass is 9.86. The number of rotatable bonds is 8. The Kier molecular flexibility index (Phi) is 8.54. The van der Waals surface area contributed by atoms with E-state index in [4.69, 9.17) is 0 Å². The van der Waals surface area contributed by atoms with E-state index in [2.05, 4.69) is 49.6 Å². The molecule has 1 amide bonds. The second kappa shape index (κ2) is 11.0. The first kappa shape index (κ1) is 25.7. The van der Waals surface area contributed by atoms with Crippen molar-refractivity contribution >= 4 is 17.7 Å². The zero-order valence-electron chi connectivity index (χ0n) is 19.8. The largest absolute Gasteiger partial charge is 0.391 e. The number of carbonyl (C=O) groups is 1. The lowest BCUT2D eigenvalue weighted by molar-refractivity contribution is -0.128. The second-order valence-corrected chi connectivity index (χ2v) is 11.0. The van der Waals surface area contributed by atoms with Gasteiger partial charge in [0.15, 0.2) is 0 Å². The Hall–Kier alpha value is -1.96. The summed E-state index contributed by atoms with van der Waals surface area (Å²) in [5.41, 5.74) is 4.34. The summed E-state index contributed by atoms with van der Waals surface area (Å²) in [5, 5.41) is 16.9. The van der Waals surface area contributed by atoms with Crippen molar-refractivity contribution in [2.45, 2.75) is 51.5 Å². The second-order valence-electron chi connectivity index (χ2n) is 10.0. The van der Waals surface area contributed by atoms with Gasteiger partial charge in [0.05, 0.1) is 12.0 Å². The Morgan fingerprint density at radius 1 is 1.15 bits per heavy atom. The molecule has 180 valence electrons. The number of nitrogens with one attached hydrogen (secondary N) is 2. The highest BCUT2D eigenvalue weighted by atomic mass is 32.2. The van der Waals surface area contributed by atoms with E-state index in [0.717, 1.165) is 24.0 Å². The fourth-order valence-electron chi connectivity index (χ4n) is 4.34. The number of thioether (sulfide) groups is 1. The summed E-state index contributed by atoms with van der Waals surface area (Å²) < 4.78 is 27.2. The molecule has 2 aromatic carbocycles. The number of hydrogen-bond acceptors (Lipinski definition) is 4. The third-order valence-electron chi connectivity index (χ3n) is 5.86. The van der Waals surface area contributed by atoms with E-state index in [0.29, 0.717) is 5.56 Å². The number of fused-ring (bicyclic) bond motifs is 1. The summed E-state index contributed by atoms with van der Waals surface area (Å²) in [6.07, 6.45) is 0.0127. The van der Waals surface area contributed by atoms with E-state index in [1.165, 1.54) is 35.9 Å². The van der Waals surface area contributed by atoms with Crippen molar-refractivity contribution in [1.29, 1.82) is 0 Å². The van der Waals surface area contributed by atoms with Gasteiger partial charge in [0.2, 0.25) is 5.91 Å². The highest BCUT2D eigenvalue weighted by molar-refractivity contribution is 7.98. The number of aliphatic hydroxyl groups is 1. The van der Waals surface area contributed by atoms with Crippen LogP contribution in [0.15, 0.2) is 36.4 Å². The van der Waals surface area contributed by atoms with Crippen LogP contribution >= 0.6 is 11.8 Å². The van der Waals surface area contributed by atoms with Crippen LogP contribution in [0, 0.1) is 23.0 Å². The smallest absolute Gasteiger partial charge is 0.225 e. The molecule has 3 unspecified atom stereocenters. The van der Waals surface area contributed by atoms with Gasteiger partial charge in [-0.3, -0.25) is 4.79 Å². The molecule has 1 aliphatic rings. The monoisotopic (exact) mass is 476 g/mol. The molecule has 0 saturated carbocycles. The molecule has 0 aliphatic carbocycles. The Bertz CT molecular complexity index is 957. The summed E-state index contributed by atoms with van der Waals surface area (Å²) in [6, 6.07) is 9.90. The zero-order valence-corrected chi connectivity index (χ0v) is 20.6. The average molecular weight is 477 g/mol. The minimum Gasteiger partial charge on any atom is -0.391 e. The van der Waals surface area contributed by atoms with Crippen LogP contribution in [0.4, 0.5) is 8.78 Å². The molecule has 1 aliphatic heterocycles. The van der Waals surface area contributed by atoms with Crippen LogP contribution in [0.25, 0.3) is 0 Å². The minimum absolute atomic E-state index is 0.0446. The van der Waals surface area contributed by atoms with Crippen molar-refractivity contribution in [1.82, 2.24) is 10.6 Å². The lowest BCUT2D eigenvalue weighted by Crippen LogP contribution is -2.43. The molecule has 0 spiro atoms. The first-order chi connectivity index (χ1) is 15.6. The van der Waals surface area contributed by atoms with Crippen LogP contribution in [0.3, 0.4) is 0 Å². The van der Waals surface area contributed by atoms with Crippen molar-refractivity contribution in [3.63, 3.8) is 0 Å². The number of amides is 1. The molecule has 1 heterocycles. The van der Waals surface area contributed by atoms with E-state index in [-0.39, 0.29) is 30.3 Å². The van der Waals surface area contributed by atoms with Gasteiger partial charge in [0.25, 0.3) is 0 Å². The fourth-order valence-corrected chi connectivity index (χ4v) is 5.48. The Morgan fingerprint density at radius 3 is 2.48 bits per heavy atom. The van der Waals surface area contributed by atoms with Gasteiger partial charge in [-0.1, -0.05) is 39.0 Å². The molecule has 0 radical (unpaired) electrons. The van der Waals surface area contributed by atoms with Crippen LogP contribution < -0.4 is 10.6 Å². The maximum absolute atomic E-state index is 13.6. The molecule has 4 nitrogen and oxygen atoms in total. The maximum Gasteiger partial charge on any atom is 0.225 e. The van der Waals surface area contributed by atoms with Gasteiger partial charge >= 0.3 is 0 Å². The van der Waals surface area contributed by atoms with Gasteiger partial charge in [-0.15, -0.1) is 0 Å². The van der Waals surface area contributed by atoms with Crippen molar-refractivity contribution in [2.24, 2.45) is 11.3 Å². The first-order valence-corrected chi connectivity index (χ1v) is 12.5. The van der Waals surface area contributed by atoms with Gasteiger partial charge in [-0.2, -0.15) is 11.8 Å². The standard InChI is InChI=1S/C26H34F2N2O2S/c1-26(2,3)12-16-5-6-18-14-33-15-23(21(18)9-16)30-13-24(31)22(25(32)29-4)10-17-7-19(27)11-20(28)8-17/h5-9,11,22-24,30-31H,10,12-15H2,1-4H3,(H,29,32). The Labute approximate surface area is 199 Å². The van der Waals surface area contributed by atoms with E-state index in [1.54, 1.807) is 0 Å². The van der Waals surface area contributed by atoms with Crippen LogP contribution in [-0.2, 0) is 23.4 Å². The van der Waals surface area contributed by atoms with E-state index in [9.17, 15) is 18.7 Å². The number of halogens is 2. The van der Waals surface area contributed by atoms with Gasteiger partial charge in [0, 0.05) is 37.2 Å². The molecular weight excluding hydrogens is 442 g/mol. The molecule has 0 fully saturated rings. The molecule has 33 heavy (non-hydrogen) atoms. The normalized spacial score (nSPS) is 17.8. The molecule has 3 N–H and O–H groups in total. The third kappa shape index (κ3) is 7.26. The number of carbonyl (C=O) groups excluding carboxylic acids is 1. The van der Waals surface area contributed by atoms with E-state index >= 15 is 0 Å². The molecule has 3 rings (SSSR count). The number of aliphatic hydroxyl groups excluding tert-OH is 1. The zero-order chi connectivity index (χ0) is 24.2. The van der Waals surface area contributed by atoms with Gasteiger partial charge < -0.3 is 15.7 Å². The van der Waals surface area contributed by atoms with Crippen molar-refractivity contribution in [3.8, 4) is 0 Å². The van der Waals surface area contributed by atoms with Crippen molar-refractivity contribution < 1.29 is 18.7 Å². The fraction of sp³-hybridized carbons (Fsp3) is 0.500. The Morgan fingerprint density at radius 2 is 1.85 bits per heavy atom. The SMILES string of the molecule is CNC(=O)C(Cc1cc(F)cc(F)c1)C(O)CNC1CSCc2ccc(CC(C)(C)C)cc21. The Balaban J connectivity index is 1.72. The molecule has 0 saturated heterocycles. The minimum atomic E-state index is -1.01. The predicted molar refractivity (Wildman–Crippen MR) is 130 cm³/mol. The average Bonchev–Trinajstić information content (AvgIpc) is 2.73. The van der Waals surface area contributed by atoms with Crippen molar-refractivity contribution in [3.05, 3.63) is 70.3 Å². The summed E-state index contributed by atoms with van der Waals surface area (Å²) in [7, 11) is 1.49. The van der Waals surface area contributed by atoms with E-state index < -0.39 is 23.7 Å².